The Balaban J connectivity index is 2.28. The molecule has 1 aliphatic rings. The number of hydrogen-bond acceptors (Lipinski definition) is 4. The van der Waals surface area contributed by atoms with Crippen molar-refractivity contribution < 1.29 is 14.3 Å². The molecule has 1 heterocycles. The van der Waals surface area contributed by atoms with Gasteiger partial charge in [0.15, 0.2) is 5.78 Å². The average Bonchev–Trinajstić information content (AvgIpc) is 2.90. The van der Waals surface area contributed by atoms with Gasteiger partial charge in [0.05, 0.1) is 24.8 Å². The molecule has 0 saturated heterocycles. The van der Waals surface area contributed by atoms with Crippen LogP contribution in [0.15, 0.2) is 24.3 Å². The molecular weight excluding hydrogens is 316 g/mol. The molecule has 0 bridgehead atoms. The first-order valence-corrected chi connectivity index (χ1v) is 8.68. The van der Waals surface area contributed by atoms with Crippen LogP contribution in [0.3, 0.4) is 0 Å². The number of carbonyl (C=O) groups is 2. The number of rotatable bonds is 4. The van der Waals surface area contributed by atoms with Crippen molar-refractivity contribution in [3.05, 3.63) is 35.5 Å². The minimum atomic E-state index is -1.41. The Hall–Kier alpha value is -2.61. The number of aromatic nitrogens is 1. The van der Waals surface area contributed by atoms with E-state index in [-0.39, 0.29) is 24.7 Å². The fraction of sp³-hybridized carbons (Fsp3) is 0.450. The molecule has 0 unspecified atom stereocenters. The zero-order valence-electron chi connectivity index (χ0n) is 14.8. The molecule has 0 N–H and O–H groups in total. The van der Waals surface area contributed by atoms with Crippen LogP contribution in [0.5, 0.6) is 0 Å². The lowest BCUT2D eigenvalue weighted by Gasteiger charge is -2.39. The van der Waals surface area contributed by atoms with Crippen LogP contribution in [0, 0.1) is 22.7 Å². The SMILES string of the molecule is CCOC(=O)[C@@]1(CC#N)C(=O)c2c(c3ccccc3n2C)C[C@@H]1CC. The van der Waals surface area contributed by atoms with Gasteiger partial charge in [0.25, 0.3) is 0 Å². The number of ketones is 1. The molecule has 2 atom stereocenters. The van der Waals surface area contributed by atoms with E-state index in [4.69, 9.17) is 4.74 Å². The number of Topliss-reactive ketones (excluding diaryl/α,β-unsaturated/α-hetero) is 1. The lowest BCUT2D eigenvalue weighted by atomic mass is 9.62. The van der Waals surface area contributed by atoms with Gasteiger partial charge in [0, 0.05) is 18.0 Å². The predicted molar refractivity (Wildman–Crippen MR) is 94.0 cm³/mol. The van der Waals surface area contributed by atoms with Crippen LogP contribution in [0.2, 0.25) is 0 Å². The van der Waals surface area contributed by atoms with Gasteiger partial charge in [0.2, 0.25) is 0 Å². The summed E-state index contributed by atoms with van der Waals surface area (Å²) in [6.07, 6.45) is 1.08. The number of hydrogen-bond donors (Lipinski definition) is 0. The summed E-state index contributed by atoms with van der Waals surface area (Å²) in [5.41, 5.74) is 1.07. The third kappa shape index (κ3) is 2.28. The third-order valence-electron chi connectivity index (χ3n) is 5.47. The number of fused-ring (bicyclic) bond motifs is 3. The number of benzene rings is 1. The zero-order valence-corrected chi connectivity index (χ0v) is 14.8. The molecule has 1 aliphatic carbocycles. The Morgan fingerprint density at radius 1 is 1.40 bits per heavy atom. The maximum absolute atomic E-state index is 13.5. The van der Waals surface area contributed by atoms with E-state index in [1.165, 1.54) is 0 Å². The van der Waals surface area contributed by atoms with E-state index >= 15 is 0 Å². The van der Waals surface area contributed by atoms with E-state index in [0.717, 1.165) is 16.5 Å². The normalized spacial score (nSPS) is 22.5. The minimum Gasteiger partial charge on any atom is -0.465 e. The summed E-state index contributed by atoms with van der Waals surface area (Å²) in [5, 5.41) is 10.4. The Morgan fingerprint density at radius 3 is 2.76 bits per heavy atom. The summed E-state index contributed by atoms with van der Waals surface area (Å²) in [7, 11) is 1.84. The van der Waals surface area contributed by atoms with Crippen LogP contribution < -0.4 is 0 Å². The molecule has 0 amide bonds. The van der Waals surface area contributed by atoms with Crippen LogP contribution in [0.4, 0.5) is 0 Å². The van der Waals surface area contributed by atoms with Crippen molar-refractivity contribution in [2.45, 2.75) is 33.1 Å². The lowest BCUT2D eigenvalue weighted by Crippen LogP contribution is -2.50. The van der Waals surface area contributed by atoms with Gasteiger partial charge >= 0.3 is 5.97 Å². The number of ether oxygens (including phenoxy) is 1. The van der Waals surface area contributed by atoms with Crippen LogP contribution >= 0.6 is 0 Å². The molecule has 1 aromatic carbocycles. The second-order valence-corrected chi connectivity index (χ2v) is 6.57. The number of nitrogens with zero attached hydrogens (tertiary/aromatic N) is 2. The third-order valence-corrected chi connectivity index (χ3v) is 5.47. The fourth-order valence-corrected chi connectivity index (χ4v) is 4.22. The minimum absolute atomic E-state index is 0.149. The molecule has 2 aromatic rings. The first-order valence-electron chi connectivity index (χ1n) is 8.68. The topological polar surface area (TPSA) is 72.1 Å². The van der Waals surface area contributed by atoms with E-state index in [1.54, 1.807) is 6.92 Å². The smallest absolute Gasteiger partial charge is 0.321 e. The van der Waals surface area contributed by atoms with Crippen molar-refractivity contribution in [1.29, 1.82) is 5.26 Å². The fourth-order valence-electron chi connectivity index (χ4n) is 4.22. The highest BCUT2D eigenvalue weighted by molar-refractivity contribution is 6.16. The van der Waals surface area contributed by atoms with Crippen molar-refractivity contribution in [2.75, 3.05) is 6.61 Å². The molecule has 25 heavy (non-hydrogen) atoms. The van der Waals surface area contributed by atoms with E-state index in [0.29, 0.717) is 18.5 Å². The Kier molecular flexibility index (Phi) is 4.38. The van der Waals surface area contributed by atoms with Gasteiger partial charge in [-0.2, -0.15) is 5.26 Å². The first-order chi connectivity index (χ1) is 12.0. The van der Waals surface area contributed by atoms with Crippen LogP contribution in [0.25, 0.3) is 10.9 Å². The number of aryl methyl sites for hydroxylation is 1. The standard InChI is InChI=1S/C20H22N2O3/c1-4-13-12-15-14-8-6-7-9-16(14)22(3)17(15)18(23)20(13,10-11-21)19(24)25-5-2/h6-9,13H,4-5,10,12H2,1-3H3/t13-,20+/m0/s1. The molecule has 5 heteroatoms. The van der Waals surface area contributed by atoms with Crippen molar-refractivity contribution >= 4 is 22.7 Å². The average molecular weight is 338 g/mol. The van der Waals surface area contributed by atoms with E-state index < -0.39 is 11.4 Å². The zero-order chi connectivity index (χ0) is 18.2. The number of carbonyl (C=O) groups excluding carboxylic acids is 2. The first kappa shape index (κ1) is 17.2. The molecule has 3 rings (SSSR count). The van der Waals surface area contributed by atoms with Crippen LogP contribution in [0.1, 0.15) is 42.7 Å². The molecule has 0 fully saturated rings. The van der Waals surface area contributed by atoms with Gasteiger partial charge in [-0.1, -0.05) is 31.5 Å². The molecule has 1 aromatic heterocycles. The van der Waals surface area contributed by atoms with Crippen molar-refractivity contribution in [3.63, 3.8) is 0 Å². The van der Waals surface area contributed by atoms with Gasteiger partial charge < -0.3 is 9.30 Å². The highest BCUT2D eigenvalue weighted by Crippen LogP contribution is 2.47. The van der Waals surface area contributed by atoms with Crippen molar-refractivity contribution in [1.82, 2.24) is 4.57 Å². The van der Waals surface area contributed by atoms with Gasteiger partial charge in [-0.15, -0.1) is 0 Å². The highest BCUT2D eigenvalue weighted by atomic mass is 16.5. The Labute approximate surface area is 147 Å². The maximum atomic E-state index is 13.5. The van der Waals surface area contributed by atoms with Crippen molar-refractivity contribution in [2.24, 2.45) is 18.4 Å². The summed E-state index contributed by atoms with van der Waals surface area (Å²) in [4.78, 5) is 26.4. The lowest BCUT2D eigenvalue weighted by molar-refractivity contribution is -0.155. The number of esters is 1. The predicted octanol–water partition coefficient (Wildman–Crippen LogP) is 3.41. The molecule has 5 nitrogen and oxygen atoms in total. The van der Waals surface area contributed by atoms with E-state index in [2.05, 4.69) is 6.07 Å². The van der Waals surface area contributed by atoms with Crippen LogP contribution in [-0.2, 0) is 23.0 Å². The molecule has 130 valence electrons. The summed E-state index contributed by atoms with van der Waals surface area (Å²) in [6, 6.07) is 9.93. The molecule has 0 aliphatic heterocycles. The van der Waals surface area contributed by atoms with E-state index in [1.807, 2.05) is 42.8 Å². The largest absolute Gasteiger partial charge is 0.465 e. The molecule has 0 saturated carbocycles. The quantitative estimate of drug-likeness (QED) is 0.632. The Morgan fingerprint density at radius 2 is 2.12 bits per heavy atom. The summed E-state index contributed by atoms with van der Waals surface area (Å²) in [5.74, 6) is -1.08. The van der Waals surface area contributed by atoms with E-state index in [9.17, 15) is 14.9 Å². The second-order valence-electron chi connectivity index (χ2n) is 6.57. The van der Waals surface area contributed by atoms with Crippen molar-refractivity contribution in [3.8, 4) is 6.07 Å². The number of nitriles is 1. The monoisotopic (exact) mass is 338 g/mol. The molecule has 0 radical (unpaired) electrons. The summed E-state index contributed by atoms with van der Waals surface area (Å²) < 4.78 is 7.10. The molecule has 0 spiro atoms. The Bertz CT molecular complexity index is 890. The molecular formula is C20H22N2O3. The van der Waals surface area contributed by atoms with Gasteiger partial charge in [-0.25, -0.2) is 0 Å². The van der Waals surface area contributed by atoms with Gasteiger partial charge in [0.1, 0.15) is 5.41 Å². The van der Waals surface area contributed by atoms with Gasteiger partial charge in [-0.05, 0) is 30.9 Å². The highest BCUT2D eigenvalue weighted by Gasteiger charge is 2.56. The van der Waals surface area contributed by atoms with Crippen LogP contribution in [-0.4, -0.2) is 22.9 Å². The second kappa shape index (κ2) is 6.36. The summed E-state index contributed by atoms with van der Waals surface area (Å²) >= 11 is 0. The van der Waals surface area contributed by atoms with Gasteiger partial charge in [-0.3, -0.25) is 9.59 Å². The maximum Gasteiger partial charge on any atom is 0.321 e. The number of para-hydroxylation sites is 1. The summed E-state index contributed by atoms with van der Waals surface area (Å²) in [6.45, 7) is 3.87.